The lowest BCUT2D eigenvalue weighted by Gasteiger charge is -2.55. The summed E-state index contributed by atoms with van der Waals surface area (Å²) in [7, 11) is 1.09. The van der Waals surface area contributed by atoms with Gasteiger partial charge in [-0.05, 0) is 62.3 Å². The van der Waals surface area contributed by atoms with E-state index in [-0.39, 0.29) is 30.4 Å². The van der Waals surface area contributed by atoms with Crippen molar-refractivity contribution >= 4 is 53.7 Å². The minimum atomic E-state index is -2.52. The minimum Gasteiger partial charge on any atom is -0.465 e. The molecule has 1 amide bonds. The van der Waals surface area contributed by atoms with Crippen LogP contribution in [-0.2, 0) is 99.9 Å². The van der Waals surface area contributed by atoms with Crippen LogP contribution in [0.4, 0.5) is 0 Å². The van der Waals surface area contributed by atoms with Crippen LogP contribution in [0.3, 0.4) is 0 Å². The number of nitrogens with one attached hydrogen (secondary N) is 1. The Morgan fingerprint density at radius 3 is 1.64 bits per heavy atom. The van der Waals surface area contributed by atoms with Crippen molar-refractivity contribution in [2.24, 2.45) is 17.8 Å². The lowest BCUT2D eigenvalue weighted by molar-refractivity contribution is -0.390. The largest absolute Gasteiger partial charge is 0.465 e. The van der Waals surface area contributed by atoms with Crippen LogP contribution in [0.25, 0.3) is 0 Å². The lowest BCUT2D eigenvalue weighted by Crippen LogP contribution is -2.69. The van der Waals surface area contributed by atoms with Gasteiger partial charge in [0.1, 0.15) is 68.1 Å². The molecule has 26 heteroatoms. The highest BCUT2D eigenvalue weighted by molar-refractivity contribution is 5.90. The van der Waals surface area contributed by atoms with Gasteiger partial charge in [-0.1, -0.05) is 232 Å². The number of cyclic esters (lactones) is 2. The fraction of sp³-hybridized carbons (Fsp3) is 0.753. The summed E-state index contributed by atoms with van der Waals surface area (Å²) in [5.74, 6) is -12.1. The Labute approximate surface area is 657 Å². The summed E-state index contributed by atoms with van der Waals surface area (Å²) in [5.41, 5.74) is -1.55. The molecule has 4 aliphatic heterocycles. The number of hydrogen-bond acceptors (Lipinski definition) is 25. The number of amides is 1. The van der Waals surface area contributed by atoms with Gasteiger partial charge in [0.25, 0.3) is 5.79 Å². The Bertz CT molecular complexity index is 3100. The molecule has 4 aliphatic rings. The van der Waals surface area contributed by atoms with Gasteiger partial charge in [0, 0.05) is 39.5 Å². The Morgan fingerprint density at radius 2 is 1.11 bits per heavy atom. The van der Waals surface area contributed by atoms with Gasteiger partial charge in [0.2, 0.25) is 5.91 Å². The standard InChI is InChI=1S/C85H131NO25/c1-11-13-15-17-19-21-23-25-26-27-29-31-33-35-43-49-70(90)86-65-53-102-81-74(94)73(93)77(68(107-81)55-100-71(91)50-51-72(92)105-66(76(65)104-62(8)89)48-42-34-32-30-28-24-22-20-18-16-14-12-2)109-82-78(108-80(96)64-46-40-37-41-47-64)75(58(4)67(106-82)54-101-79(95)63-44-38-36-39-45-63)110-85(83(97)98-10)52-57(3)59(5)84(9,111-85)69(103-61(7)88)56-99-60(6)87/h36-41,44-47,57-59,65-69,73-78,81-82,93-94H,11-35,42-43,48-56H2,1-10H3,(H,86,90)/t57?,58?,59-,65-,66+,67?,68?,69+,73?,74?,75?,76-,77?,78?,81?,82?,84?,85+/m0/s1. The van der Waals surface area contributed by atoms with Gasteiger partial charge >= 0.3 is 47.8 Å². The SMILES string of the molecule is CCCCCCCCCCCCCCCCCC(=O)N[C@H]1COC2OC(COC(=O)CCC(=O)O[C@H](CCCCCCCCCCCCCC)[C@H]1OC(C)=O)C(OC1OC(COC(=O)c3ccccc3)C(C)C(O[C@]3(C(=O)OC)CC(C)[C@H](C)C(C)([C@@H](COC(C)=O)OC(C)=O)O3)C1OC(=O)c1ccccc1)C(O)C2O. The molecule has 0 saturated carbocycles. The van der Waals surface area contributed by atoms with Gasteiger partial charge in [-0.25, -0.2) is 14.4 Å². The molecule has 0 aliphatic carbocycles. The molecule has 4 saturated heterocycles. The molecule has 0 aromatic heterocycles. The molecule has 0 spiro atoms. The average molecular weight is 1570 g/mol. The first-order valence-corrected chi connectivity index (χ1v) is 41.4. The van der Waals surface area contributed by atoms with Crippen LogP contribution in [0.2, 0.25) is 0 Å². The summed E-state index contributed by atoms with van der Waals surface area (Å²) in [6.07, 6.45) is 8.29. The molecule has 3 N–H and O–H groups in total. The molecule has 18 atom stereocenters. The first-order chi connectivity index (χ1) is 53.3. The van der Waals surface area contributed by atoms with Crippen molar-refractivity contribution in [1.82, 2.24) is 5.32 Å². The number of benzene rings is 2. The van der Waals surface area contributed by atoms with E-state index >= 15 is 0 Å². The van der Waals surface area contributed by atoms with Crippen molar-refractivity contribution in [2.45, 2.75) is 359 Å². The maximum atomic E-state index is 14.9. The van der Waals surface area contributed by atoms with Gasteiger partial charge in [-0.2, -0.15) is 0 Å². The highest BCUT2D eigenvalue weighted by atomic mass is 16.8. The number of unbranched alkanes of at least 4 members (excludes halogenated alkanes) is 25. The quantitative estimate of drug-likeness (QED) is 0.0315. The first-order valence-electron chi connectivity index (χ1n) is 41.4. The zero-order valence-corrected chi connectivity index (χ0v) is 67.8. The van der Waals surface area contributed by atoms with Crippen LogP contribution >= 0.6 is 0 Å². The molecule has 2 bridgehead atoms. The van der Waals surface area contributed by atoms with E-state index in [1.807, 2.05) is 0 Å². The van der Waals surface area contributed by atoms with E-state index in [9.17, 15) is 53.4 Å². The number of esters is 8. The predicted octanol–water partition coefficient (Wildman–Crippen LogP) is 13.5. The fourth-order valence-electron chi connectivity index (χ4n) is 15.2. The van der Waals surface area contributed by atoms with Crippen LogP contribution in [0.15, 0.2) is 60.7 Å². The minimum absolute atomic E-state index is 0.0167. The number of carbonyl (C=O) groups is 9. The van der Waals surface area contributed by atoms with E-state index < -0.39 is 202 Å². The number of fused-ring (bicyclic) bond motifs is 2. The summed E-state index contributed by atoms with van der Waals surface area (Å²) < 4.78 is 87.6. The summed E-state index contributed by atoms with van der Waals surface area (Å²) >= 11 is 0. The number of aliphatic hydroxyl groups excluding tert-OH is 2. The fourth-order valence-corrected chi connectivity index (χ4v) is 15.2. The van der Waals surface area contributed by atoms with Crippen LogP contribution in [0, 0.1) is 17.8 Å². The maximum Gasteiger partial charge on any atom is 0.366 e. The first kappa shape index (κ1) is 93.2. The van der Waals surface area contributed by atoms with Gasteiger partial charge in [0.05, 0.1) is 43.7 Å². The molecule has 111 heavy (non-hydrogen) atoms. The molecular formula is C85H131NO25. The van der Waals surface area contributed by atoms with Crippen LogP contribution in [-0.4, -0.2) is 188 Å². The number of ether oxygens (including phenoxy) is 14. The summed E-state index contributed by atoms with van der Waals surface area (Å²) in [4.78, 5) is 124. The molecule has 26 nitrogen and oxygen atoms in total. The molecule has 0 radical (unpaired) electrons. The molecular weight excluding hydrogens is 1430 g/mol. The normalized spacial score (nSPS) is 28.2. The van der Waals surface area contributed by atoms with Gasteiger partial charge in [-0.15, -0.1) is 0 Å². The van der Waals surface area contributed by atoms with Crippen LogP contribution in [0.5, 0.6) is 0 Å². The monoisotopic (exact) mass is 1570 g/mol. The van der Waals surface area contributed by atoms with Crippen molar-refractivity contribution in [3.8, 4) is 0 Å². The second kappa shape index (κ2) is 49.9. The summed E-state index contributed by atoms with van der Waals surface area (Å²) in [6.45, 7) is 12.2. The average Bonchev–Trinajstić information content (AvgIpc) is 0.740. The highest BCUT2D eigenvalue weighted by Crippen LogP contribution is 2.49. The van der Waals surface area contributed by atoms with Gasteiger partial charge < -0.3 is 81.8 Å². The van der Waals surface area contributed by atoms with E-state index in [1.165, 1.54) is 128 Å². The number of carbonyl (C=O) groups excluding carboxylic acids is 9. The van der Waals surface area contributed by atoms with Crippen molar-refractivity contribution in [1.29, 1.82) is 0 Å². The van der Waals surface area contributed by atoms with E-state index in [4.69, 9.17) is 66.3 Å². The molecule has 12 unspecified atom stereocenters. The van der Waals surface area contributed by atoms with Crippen molar-refractivity contribution in [2.75, 3.05) is 33.5 Å². The molecule has 6 rings (SSSR count). The third-order valence-corrected chi connectivity index (χ3v) is 21.9. The van der Waals surface area contributed by atoms with Gasteiger partial charge in [-0.3, -0.25) is 28.8 Å². The van der Waals surface area contributed by atoms with E-state index in [0.717, 1.165) is 85.2 Å². The number of methoxy groups -OCH3 is 1. The summed E-state index contributed by atoms with van der Waals surface area (Å²) in [5, 5.41) is 28.1. The lowest BCUT2D eigenvalue weighted by atomic mass is 9.72. The summed E-state index contributed by atoms with van der Waals surface area (Å²) in [6, 6.07) is 14.5. The number of aliphatic hydroxyl groups is 2. The van der Waals surface area contributed by atoms with Crippen molar-refractivity contribution < 1.29 is 120 Å². The van der Waals surface area contributed by atoms with Crippen LogP contribution in [0.1, 0.15) is 288 Å². The molecule has 2 aromatic carbocycles. The Morgan fingerprint density at radius 1 is 0.577 bits per heavy atom. The number of hydrogen-bond donors (Lipinski definition) is 3. The highest BCUT2D eigenvalue weighted by Gasteiger charge is 2.63. The maximum absolute atomic E-state index is 14.9. The Hall–Kier alpha value is -6.65. The number of rotatable bonds is 45. The van der Waals surface area contributed by atoms with E-state index in [2.05, 4.69) is 19.2 Å². The Kier molecular flexibility index (Phi) is 41.9. The second-order valence-corrected chi connectivity index (χ2v) is 30.9. The van der Waals surface area contributed by atoms with Crippen LogP contribution < -0.4 is 5.32 Å². The van der Waals surface area contributed by atoms with E-state index in [0.29, 0.717) is 12.8 Å². The third-order valence-electron chi connectivity index (χ3n) is 21.9. The third kappa shape index (κ3) is 30.9. The predicted molar refractivity (Wildman–Crippen MR) is 409 cm³/mol. The van der Waals surface area contributed by atoms with Crippen molar-refractivity contribution in [3.05, 3.63) is 71.8 Å². The van der Waals surface area contributed by atoms with Gasteiger partial charge in [0.15, 0.2) is 30.9 Å². The Balaban J connectivity index is 1.35. The second-order valence-electron chi connectivity index (χ2n) is 30.9. The molecule has 4 fully saturated rings. The zero-order valence-electron chi connectivity index (χ0n) is 67.8. The van der Waals surface area contributed by atoms with Crippen molar-refractivity contribution in [3.63, 3.8) is 0 Å². The zero-order chi connectivity index (χ0) is 80.7. The molecule has 626 valence electrons. The smallest absolute Gasteiger partial charge is 0.366 e. The molecule has 2 aromatic rings. The molecule has 4 heterocycles. The topological polar surface area (TPSA) is 335 Å². The van der Waals surface area contributed by atoms with E-state index in [1.54, 1.807) is 64.1 Å².